The van der Waals surface area contributed by atoms with Crippen LogP contribution in [-0.2, 0) is 0 Å². The molecule has 38 valence electrons. The number of rotatable bonds is 3. The normalized spacial score (nSPS) is 8.71. The van der Waals surface area contributed by atoms with Crippen LogP contribution in [0.1, 0.15) is 19.8 Å². The van der Waals surface area contributed by atoms with E-state index in [1.54, 1.807) is 0 Å². The van der Waals surface area contributed by atoms with Crippen LogP contribution in [0, 0.1) is 0 Å². The Morgan fingerprint density at radius 2 is 2.29 bits per heavy atom. The fourth-order valence-corrected chi connectivity index (χ4v) is 0.404. The van der Waals surface area contributed by atoms with Crippen LogP contribution in [0.15, 0.2) is 12.2 Å². The summed E-state index contributed by atoms with van der Waals surface area (Å²) in [5, 5.41) is 0. The smallest absolute Gasteiger partial charge is 0.0653 e. The van der Waals surface area contributed by atoms with Crippen molar-refractivity contribution in [3.05, 3.63) is 12.2 Å². The lowest BCUT2D eigenvalue weighted by Crippen LogP contribution is -1.73. The van der Waals surface area contributed by atoms with Crippen LogP contribution in [0.2, 0.25) is 6.32 Å². The summed E-state index contributed by atoms with van der Waals surface area (Å²) in [6.45, 7) is 5.76. The standard InChI is InChI=1S/C6H11B/c1-6(2)4-3-5-7/h1,3-5H2,2H3. The van der Waals surface area contributed by atoms with Gasteiger partial charge in [0, 0.05) is 0 Å². The summed E-state index contributed by atoms with van der Waals surface area (Å²) in [7, 11) is 5.24. The van der Waals surface area contributed by atoms with E-state index in [1.165, 1.54) is 5.57 Å². The highest BCUT2D eigenvalue weighted by molar-refractivity contribution is 6.08. The van der Waals surface area contributed by atoms with Crippen molar-refractivity contribution in [1.29, 1.82) is 0 Å². The molecule has 0 nitrogen and oxygen atoms in total. The van der Waals surface area contributed by atoms with Crippen molar-refractivity contribution in [2.24, 2.45) is 0 Å². The van der Waals surface area contributed by atoms with E-state index in [0.717, 1.165) is 19.2 Å². The van der Waals surface area contributed by atoms with Crippen molar-refractivity contribution in [3.63, 3.8) is 0 Å². The molecule has 0 saturated heterocycles. The van der Waals surface area contributed by atoms with Gasteiger partial charge in [0.25, 0.3) is 0 Å². The van der Waals surface area contributed by atoms with Crippen molar-refractivity contribution in [3.8, 4) is 0 Å². The van der Waals surface area contributed by atoms with Crippen molar-refractivity contribution in [1.82, 2.24) is 0 Å². The largest absolute Gasteiger partial charge is 0.100 e. The highest BCUT2D eigenvalue weighted by atomic mass is 13.8. The maximum atomic E-state index is 5.24. The molecule has 0 heterocycles. The summed E-state index contributed by atoms with van der Waals surface area (Å²) in [5.41, 5.74) is 1.23. The molecule has 0 aromatic carbocycles. The third-order valence-electron chi connectivity index (χ3n) is 0.808. The van der Waals surface area contributed by atoms with Gasteiger partial charge in [-0.2, -0.15) is 0 Å². The molecule has 0 atom stereocenters. The van der Waals surface area contributed by atoms with Crippen molar-refractivity contribution >= 4 is 7.85 Å². The zero-order valence-corrected chi connectivity index (χ0v) is 4.91. The molecular weight excluding hydrogens is 82.9 g/mol. The van der Waals surface area contributed by atoms with Crippen molar-refractivity contribution in [2.45, 2.75) is 26.1 Å². The number of allylic oxidation sites excluding steroid dienone is 1. The predicted molar refractivity (Wildman–Crippen MR) is 34.6 cm³/mol. The Morgan fingerprint density at radius 3 is 2.43 bits per heavy atom. The fourth-order valence-electron chi connectivity index (χ4n) is 0.404. The maximum Gasteiger partial charge on any atom is 0.0653 e. The average Bonchev–Trinajstić information content (AvgIpc) is 1.61. The molecule has 0 spiro atoms. The fraction of sp³-hybridized carbons (Fsp3) is 0.667. The Morgan fingerprint density at radius 1 is 1.71 bits per heavy atom. The summed E-state index contributed by atoms with van der Waals surface area (Å²) < 4.78 is 0. The zero-order valence-electron chi connectivity index (χ0n) is 4.91. The molecule has 0 aliphatic rings. The van der Waals surface area contributed by atoms with Gasteiger partial charge in [-0.1, -0.05) is 18.3 Å². The van der Waals surface area contributed by atoms with Gasteiger partial charge in [-0.15, -0.1) is 6.58 Å². The Hall–Kier alpha value is -0.195. The minimum atomic E-state index is 0.785. The monoisotopic (exact) mass is 94.1 g/mol. The minimum absolute atomic E-state index is 0.785. The first-order valence-corrected chi connectivity index (χ1v) is 2.62. The predicted octanol–water partition coefficient (Wildman–Crippen LogP) is 1.93. The van der Waals surface area contributed by atoms with Gasteiger partial charge in [-0.05, 0) is 13.3 Å². The maximum absolute atomic E-state index is 5.24. The summed E-state index contributed by atoms with van der Waals surface area (Å²) >= 11 is 0. The molecule has 0 rings (SSSR count). The second-order valence-electron chi connectivity index (χ2n) is 1.85. The van der Waals surface area contributed by atoms with E-state index < -0.39 is 0 Å². The molecule has 0 saturated carbocycles. The molecule has 0 fully saturated rings. The zero-order chi connectivity index (χ0) is 5.70. The van der Waals surface area contributed by atoms with Crippen LogP contribution in [0.3, 0.4) is 0 Å². The lowest BCUT2D eigenvalue weighted by atomic mass is 9.99. The first-order valence-electron chi connectivity index (χ1n) is 2.62. The second-order valence-corrected chi connectivity index (χ2v) is 1.85. The summed E-state index contributed by atoms with van der Waals surface area (Å²) in [4.78, 5) is 0. The van der Waals surface area contributed by atoms with Crippen molar-refractivity contribution in [2.75, 3.05) is 0 Å². The van der Waals surface area contributed by atoms with Gasteiger partial charge < -0.3 is 0 Å². The molecular formula is C6H11B. The van der Waals surface area contributed by atoms with Gasteiger partial charge in [0.15, 0.2) is 0 Å². The molecule has 0 aliphatic heterocycles. The van der Waals surface area contributed by atoms with Gasteiger partial charge >= 0.3 is 0 Å². The molecule has 0 unspecified atom stereocenters. The van der Waals surface area contributed by atoms with Crippen LogP contribution in [0.4, 0.5) is 0 Å². The van der Waals surface area contributed by atoms with E-state index in [0.29, 0.717) is 0 Å². The van der Waals surface area contributed by atoms with E-state index in [9.17, 15) is 0 Å². The molecule has 0 N–H and O–H groups in total. The highest BCUT2D eigenvalue weighted by Gasteiger charge is 1.81. The average molecular weight is 94.0 g/mol. The van der Waals surface area contributed by atoms with Gasteiger partial charge in [0.1, 0.15) is 0 Å². The van der Waals surface area contributed by atoms with E-state index in [2.05, 4.69) is 6.58 Å². The lowest BCUT2D eigenvalue weighted by molar-refractivity contribution is 0.907. The van der Waals surface area contributed by atoms with Crippen LogP contribution < -0.4 is 0 Å². The summed E-state index contributed by atoms with van der Waals surface area (Å²) in [5.74, 6) is 0. The molecule has 2 radical (unpaired) electrons. The van der Waals surface area contributed by atoms with Gasteiger partial charge in [-0.3, -0.25) is 0 Å². The Balaban J connectivity index is 2.82. The summed E-state index contributed by atoms with van der Waals surface area (Å²) in [6, 6.07) is 0. The molecule has 0 bridgehead atoms. The first kappa shape index (κ1) is 6.80. The molecule has 0 aromatic rings. The Kier molecular flexibility index (Phi) is 3.87. The second kappa shape index (κ2) is 3.98. The first-order chi connectivity index (χ1) is 3.27. The lowest BCUT2D eigenvalue weighted by Gasteiger charge is -1.91. The molecule has 1 heteroatoms. The molecule has 0 aromatic heterocycles. The number of hydrogen-bond acceptors (Lipinski definition) is 0. The minimum Gasteiger partial charge on any atom is -0.100 e. The van der Waals surface area contributed by atoms with Gasteiger partial charge in [-0.25, -0.2) is 0 Å². The third-order valence-corrected chi connectivity index (χ3v) is 0.808. The quantitative estimate of drug-likeness (QED) is 0.370. The number of hydrogen-bond donors (Lipinski definition) is 0. The van der Waals surface area contributed by atoms with Crippen molar-refractivity contribution < 1.29 is 0 Å². The summed E-state index contributed by atoms with van der Waals surface area (Å²) in [6.07, 6.45) is 2.94. The van der Waals surface area contributed by atoms with E-state index in [-0.39, 0.29) is 0 Å². The van der Waals surface area contributed by atoms with E-state index in [1.807, 2.05) is 6.92 Å². The van der Waals surface area contributed by atoms with Gasteiger partial charge in [0.05, 0.1) is 7.85 Å². The van der Waals surface area contributed by atoms with Gasteiger partial charge in [0.2, 0.25) is 0 Å². The van der Waals surface area contributed by atoms with E-state index in [4.69, 9.17) is 7.85 Å². The van der Waals surface area contributed by atoms with Crippen LogP contribution in [-0.4, -0.2) is 7.85 Å². The Labute approximate surface area is 47.0 Å². The third kappa shape index (κ3) is 5.80. The molecule has 0 amide bonds. The van der Waals surface area contributed by atoms with Crippen LogP contribution in [0.25, 0.3) is 0 Å². The SMILES string of the molecule is [B]CCCC(=C)C. The molecule has 7 heavy (non-hydrogen) atoms. The Bertz CT molecular complexity index is 57.2. The highest BCUT2D eigenvalue weighted by Crippen LogP contribution is 2.00. The topological polar surface area (TPSA) is 0 Å². The van der Waals surface area contributed by atoms with Crippen LogP contribution >= 0.6 is 0 Å². The molecule has 0 aliphatic carbocycles. The van der Waals surface area contributed by atoms with E-state index >= 15 is 0 Å². The van der Waals surface area contributed by atoms with Crippen LogP contribution in [0.5, 0.6) is 0 Å².